The van der Waals surface area contributed by atoms with Crippen molar-refractivity contribution in [3.8, 4) is 0 Å². The van der Waals surface area contributed by atoms with Crippen molar-refractivity contribution in [2.45, 2.75) is 19.9 Å². The standard InChI is InChI=1S/C13H18ClN3O3/c1-3-6-16(9-13(18)15-2)8-10-7-11(17(19)20)4-5-12(10)14/h4-5,7H,3,6,8-9H2,1-2H3,(H,15,18). The summed E-state index contributed by atoms with van der Waals surface area (Å²) < 4.78 is 0. The number of benzene rings is 1. The average molecular weight is 300 g/mol. The van der Waals surface area contributed by atoms with Crippen molar-refractivity contribution < 1.29 is 9.72 Å². The molecule has 1 rings (SSSR count). The van der Waals surface area contributed by atoms with Crippen LogP contribution in [0.5, 0.6) is 0 Å². The van der Waals surface area contributed by atoms with E-state index in [9.17, 15) is 14.9 Å². The molecule has 0 fully saturated rings. The molecule has 20 heavy (non-hydrogen) atoms. The normalized spacial score (nSPS) is 10.6. The maximum atomic E-state index is 11.5. The van der Waals surface area contributed by atoms with Crippen LogP contribution in [0.1, 0.15) is 18.9 Å². The number of hydrogen-bond acceptors (Lipinski definition) is 4. The lowest BCUT2D eigenvalue weighted by atomic mass is 10.2. The number of nitrogens with zero attached hydrogens (tertiary/aromatic N) is 2. The van der Waals surface area contributed by atoms with E-state index >= 15 is 0 Å². The first-order valence-electron chi connectivity index (χ1n) is 6.33. The number of carbonyl (C=O) groups excluding carboxylic acids is 1. The van der Waals surface area contributed by atoms with Gasteiger partial charge in [0, 0.05) is 30.7 Å². The second-order valence-corrected chi connectivity index (χ2v) is 4.82. The summed E-state index contributed by atoms with van der Waals surface area (Å²) in [5.41, 5.74) is 0.652. The third kappa shape index (κ3) is 4.79. The number of nitro benzene ring substituents is 1. The molecule has 110 valence electrons. The molecule has 1 aromatic carbocycles. The monoisotopic (exact) mass is 299 g/mol. The van der Waals surface area contributed by atoms with Crippen LogP contribution in [-0.2, 0) is 11.3 Å². The van der Waals surface area contributed by atoms with Gasteiger partial charge in [0.15, 0.2) is 0 Å². The van der Waals surface area contributed by atoms with E-state index in [1.165, 1.54) is 18.2 Å². The van der Waals surface area contributed by atoms with Crippen LogP contribution >= 0.6 is 11.6 Å². The Kier molecular flexibility index (Phi) is 6.41. The van der Waals surface area contributed by atoms with Crippen LogP contribution < -0.4 is 5.32 Å². The highest BCUT2D eigenvalue weighted by molar-refractivity contribution is 6.31. The molecule has 0 atom stereocenters. The molecular formula is C13H18ClN3O3. The summed E-state index contributed by atoms with van der Waals surface area (Å²) in [7, 11) is 1.58. The largest absolute Gasteiger partial charge is 0.358 e. The first kappa shape index (κ1) is 16.4. The minimum atomic E-state index is -0.456. The van der Waals surface area contributed by atoms with E-state index in [0.717, 1.165) is 6.42 Å². The van der Waals surface area contributed by atoms with E-state index in [0.29, 0.717) is 23.7 Å². The number of non-ortho nitro benzene ring substituents is 1. The van der Waals surface area contributed by atoms with Crippen molar-refractivity contribution in [2.24, 2.45) is 0 Å². The highest BCUT2D eigenvalue weighted by atomic mass is 35.5. The van der Waals surface area contributed by atoms with Gasteiger partial charge in [0.05, 0.1) is 11.5 Å². The Labute approximate surface area is 122 Å². The molecule has 0 aliphatic carbocycles. The smallest absolute Gasteiger partial charge is 0.269 e. The Balaban J connectivity index is 2.89. The van der Waals surface area contributed by atoms with Crippen molar-refractivity contribution in [1.82, 2.24) is 10.2 Å². The fraction of sp³-hybridized carbons (Fsp3) is 0.462. The van der Waals surface area contributed by atoms with E-state index < -0.39 is 4.92 Å². The third-order valence-corrected chi connectivity index (χ3v) is 3.19. The molecule has 0 heterocycles. The molecule has 0 aromatic heterocycles. The fourth-order valence-electron chi connectivity index (χ4n) is 1.85. The summed E-state index contributed by atoms with van der Waals surface area (Å²) in [6.07, 6.45) is 0.879. The molecule has 1 amide bonds. The van der Waals surface area contributed by atoms with Crippen LogP contribution in [0.2, 0.25) is 5.02 Å². The average Bonchev–Trinajstić information content (AvgIpc) is 2.41. The fourth-order valence-corrected chi connectivity index (χ4v) is 2.03. The lowest BCUT2D eigenvalue weighted by molar-refractivity contribution is -0.384. The van der Waals surface area contributed by atoms with E-state index in [1.54, 1.807) is 7.05 Å². The van der Waals surface area contributed by atoms with Crippen LogP contribution in [0.3, 0.4) is 0 Å². The summed E-state index contributed by atoms with van der Waals surface area (Å²) in [5.74, 6) is -0.0972. The molecule has 0 bridgehead atoms. The van der Waals surface area contributed by atoms with Gasteiger partial charge >= 0.3 is 0 Å². The SMILES string of the molecule is CCCN(CC(=O)NC)Cc1cc([N+](=O)[O-])ccc1Cl. The van der Waals surface area contributed by atoms with E-state index in [-0.39, 0.29) is 18.1 Å². The lowest BCUT2D eigenvalue weighted by Crippen LogP contribution is -2.35. The van der Waals surface area contributed by atoms with Gasteiger partial charge in [-0.2, -0.15) is 0 Å². The molecule has 7 heteroatoms. The Bertz CT molecular complexity index is 494. The van der Waals surface area contributed by atoms with E-state index in [2.05, 4.69) is 5.32 Å². The maximum absolute atomic E-state index is 11.5. The van der Waals surface area contributed by atoms with Crippen LogP contribution in [-0.4, -0.2) is 35.9 Å². The number of carbonyl (C=O) groups is 1. The summed E-state index contributed by atoms with van der Waals surface area (Å²) >= 11 is 6.07. The van der Waals surface area contributed by atoms with Gasteiger partial charge in [-0.1, -0.05) is 18.5 Å². The number of nitro groups is 1. The summed E-state index contributed by atoms with van der Waals surface area (Å²) in [6.45, 7) is 3.36. The zero-order chi connectivity index (χ0) is 15.1. The van der Waals surface area contributed by atoms with Crippen molar-refractivity contribution in [3.05, 3.63) is 38.9 Å². The highest BCUT2D eigenvalue weighted by Gasteiger charge is 2.14. The van der Waals surface area contributed by atoms with Gasteiger partial charge in [-0.25, -0.2) is 0 Å². The molecule has 1 N–H and O–H groups in total. The predicted octanol–water partition coefficient (Wildman–Crippen LogP) is 2.21. The first-order valence-corrected chi connectivity index (χ1v) is 6.71. The molecule has 0 unspecified atom stereocenters. The minimum absolute atomic E-state index is 0.000733. The lowest BCUT2D eigenvalue weighted by Gasteiger charge is -2.21. The van der Waals surface area contributed by atoms with Crippen molar-refractivity contribution in [1.29, 1.82) is 0 Å². The number of hydrogen-bond donors (Lipinski definition) is 1. The zero-order valence-corrected chi connectivity index (χ0v) is 12.3. The first-order chi connectivity index (χ1) is 9.47. The molecule has 0 saturated carbocycles. The van der Waals surface area contributed by atoms with E-state index in [4.69, 9.17) is 11.6 Å². The van der Waals surface area contributed by atoms with Gasteiger partial charge in [-0.15, -0.1) is 0 Å². The molecule has 6 nitrogen and oxygen atoms in total. The van der Waals surface area contributed by atoms with Gasteiger partial charge < -0.3 is 5.32 Å². The summed E-state index contributed by atoms with van der Waals surface area (Å²) in [6, 6.07) is 4.34. The van der Waals surface area contributed by atoms with Gasteiger partial charge in [0.2, 0.25) is 5.91 Å². The molecule has 0 saturated heterocycles. The number of halogens is 1. The van der Waals surface area contributed by atoms with Crippen LogP contribution in [0, 0.1) is 10.1 Å². The zero-order valence-electron chi connectivity index (χ0n) is 11.6. The Morgan fingerprint density at radius 2 is 2.20 bits per heavy atom. The Hall–Kier alpha value is -1.66. The minimum Gasteiger partial charge on any atom is -0.358 e. The van der Waals surface area contributed by atoms with Crippen molar-refractivity contribution >= 4 is 23.2 Å². The second-order valence-electron chi connectivity index (χ2n) is 4.42. The van der Waals surface area contributed by atoms with Crippen molar-refractivity contribution in [3.63, 3.8) is 0 Å². The molecular weight excluding hydrogens is 282 g/mol. The van der Waals surface area contributed by atoms with Crippen molar-refractivity contribution in [2.75, 3.05) is 20.1 Å². The predicted molar refractivity (Wildman–Crippen MR) is 77.7 cm³/mol. The van der Waals surface area contributed by atoms with Crippen LogP contribution in [0.4, 0.5) is 5.69 Å². The second kappa shape index (κ2) is 7.81. The summed E-state index contributed by atoms with van der Waals surface area (Å²) in [4.78, 5) is 23.7. The number of rotatable bonds is 7. The third-order valence-electron chi connectivity index (χ3n) is 2.82. The van der Waals surface area contributed by atoms with Gasteiger partial charge in [-0.05, 0) is 24.6 Å². The molecule has 0 radical (unpaired) electrons. The molecule has 0 aliphatic heterocycles. The quantitative estimate of drug-likeness (QED) is 0.618. The molecule has 1 aromatic rings. The maximum Gasteiger partial charge on any atom is 0.269 e. The number of likely N-dealkylation sites (N-methyl/N-ethyl adjacent to an activating group) is 1. The van der Waals surface area contributed by atoms with Crippen LogP contribution in [0.25, 0.3) is 0 Å². The topological polar surface area (TPSA) is 75.5 Å². The highest BCUT2D eigenvalue weighted by Crippen LogP contribution is 2.23. The Morgan fingerprint density at radius 1 is 1.50 bits per heavy atom. The van der Waals surface area contributed by atoms with Gasteiger partial charge in [-0.3, -0.25) is 19.8 Å². The molecule has 0 aliphatic rings. The summed E-state index contributed by atoms with van der Waals surface area (Å²) in [5, 5.41) is 13.8. The number of amides is 1. The molecule has 0 spiro atoms. The Morgan fingerprint density at radius 3 is 2.75 bits per heavy atom. The van der Waals surface area contributed by atoms with Crippen LogP contribution in [0.15, 0.2) is 18.2 Å². The number of nitrogens with one attached hydrogen (secondary N) is 1. The van der Waals surface area contributed by atoms with Gasteiger partial charge in [0.1, 0.15) is 0 Å². The van der Waals surface area contributed by atoms with Gasteiger partial charge in [0.25, 0.3) is 5.69 Å². The van der Waals surface area contributed by atoms with E-state index in [1.807, 2.05) is 11.8 Å².